The molecule has 6 nitrogen and oxygen atoms in total. The Kier molecular flexibility index (Phi) is 2.87. The summed E-state index contributed by atoms with van der Waals surface area (Å²) in [5.41, 5.74) is -0.562. The second-order valence-corrected chi connectivity index (χ2v) is 4.00. The molecule has 0 heterocycles. The van der Waals surface area contributed by atoms with Crippen LogP contribution in [-0.2, 0) is 14.9 Å². The van der Waals surface area contributed by atoms with Gasteiger partial charge in [0.1, 0.15) is 4.90 Å². The Labute approximate surface area is 84.9 Å². The molecule has 0 saturated carbocycles. The predicted octanol–water partition coefficient (Wildman–Crippen LogP) is 0.201. The van der Waals surface area contributed by atoms with Crippen molar-refractivity contribution >= 4 is 21.9 Å². The maximum absolute atomic E-state index is 11.0. The minimum absolute atomic E-state index is 0.562. The third kappa shape index (κ3) is 2.39. The molecule has 0 aromatic heterocycles. The summed E-state index contributed by atoms with van der Waals surface area (Å²) >= 11 is 0. The van der Waals surface area contributed by atoms with Crippen molar-refractivity contribution in [3.63, 3.8) is 0 Å². The lowest BCUT2D eigenvalue weighted by Crippen LogP contribution is -2.16. The molecule has 15 heavy (non-hydrogen) atoms. The van der Waals surface area contributed by atoms with E-state index in [1.54, 1.807) is 0 Å². The first-order valence-corrected chi connectivity index (χ1v) is 5.12. The van der Waals surface area contributed by atoms with E-state index in [-0.39, 0.29) is 0 Å². The van der Waals surface area contributed by atoms with Gasteiger partial charge in [-0.3, -0.25) is 9.35 Å². The molecule has 0 saturated heterocycles. The van der Waals surface area contributed by atoms with Gasteiger partial charge >= 0.3 is 5.97 Å². The number of carboxylic acids is 1. The third-order valence-corrected chi connectivity index (χ3v) is 2.52. The van der Waals surface area contributed by atoms with Gasteiger partial charge in [0.25, 0.3) is 15.9 Å². The van der Waals surface area contributed by atoms with Gasteiger partial charge in [0.15, 0.2) is 0 Å². The standard InChI is InChI=1S/C8H6O6S/c9-7(8(10)11)5-3-1-2-4-6(5)15(12,13)14/h1-4H,(H,10,11)(H,12,13,14). The van der Waals surface area contributed by atoms with Gasteiger partial charge in [-0.15, -0.1) is 0 Å². The summed E-state index contributed by atoms with van der Waals surface area (Å²) in [6.45, 7) is 0. The van der Waals surface area contributed by atoms with Crippen LogP contribution < -0.4 is 0 Å². The Morgan fingerprint density at radius 2 is 1.67 bits per heavy atom. The fourth-order valence-electron chi connectivity index (χ4n) is 0.994. The molecule has 0 unspecified atom stereocenters. The van der Waals surface area contributed by atoms with Crippen LogP contribution in [0.15, 0.2) is 29.2 Å². The predicted molar refractivity (Wildman–Crippen MR) is 48.2 cm³/mol. The van der Waals surface area contributed by atoms with E-state index in [1.165, 1.54) is 12.1 Å². The molecule has 80 valence electrons. The summed E-state index contributed by atoms with van der Waals surface area (Å²) in [5, 5.41) is 8.40. The number of hydrogen-bond donors (Lipinski definition) is 2. The molecule has 0 fully saturated rings. The third-order valence-electron chi connectivity index (χ3n) is 1.60. The van der Waals surface area contributed by atoms with Crippen LogP contribution in [0.5, 0.6) is 0 Å². The van der Waals surface area contributed by atoms with Crippen LogP contribution in [0.1, 0.15) is 10.4 Å². The van der Waals surface area contributed by atoms with E-state index in [0.29, 0.717) is 0 Å². The number of Topliss-reactive ketones (excluding diaryl/α,β-unsaturated/α-hetero) is 1. The Bertz CT molecular complexity index is 516. The van der Waals surface area contributed by atoms with E-state index in [9.17, 15) is 18.0 Å². The molecule has 0 aliphatic heterocycles. The maximum atomic E-state index is 11.0. The van der Waals surface area contributed by atoms with Crippen molar-refractivity contribution in [2.24, 2.45) is 0 Å². The van der Waals surface area contributed by atoms with E-state index in [1.807, 2.05) is 0 Å². The number of rotatable bonds is 3. The minimum Gasteiger partial charge on any atom is -0.475 e. The lowest BCUT2D eigenvalue weighted by Gasteiger charge is -2.02. The monoisotopic (exact) mass is 230 g/mol. The van der Waals surface area contributed by atoms with Crippen LogP contribution in [0.25, 0.3) is 0 Å². The Morgan fingerprint density at radius 3 is 2.13 bits per heavy atom. The number of benzene rings is 1. The number of hydrogen-bond acceptors (Lipinski definition) is 4. The highest BCUT2D eigenvalue weighted by atomic mass is 32.2. The first-order chi connectivity index (χ1) is 6.84. The average molecular weight is 230 g/mol. The second-order valence-electron chi connectivity index (χ2n) is 2.61. The lowest BCUT2D eigenvalue weighted by atomic mass is 10.1. The van der Waals surface area contributed by atoms with Crippen molar-refractivity contribution in [1.29, 1.82) is 0 Å². The number of carbonyl (C=O) groups is 2. The summed E-state index contributed by atoms with van der Waals surface area (Å²) in [6.07, 6.45) is 0. The maximum Gasteiger partial charge on any atom is 0.377 e. The molecule has 1 aromatic rings. The van der Waals surface area contributed by atoms with E-state index in [0.717, 1.165) is 12.1 Å². The first kappa shape index (κ1) is 11.3. The molecular weight excluding hydrogens is 224 g/mol. The molecule has 1 rings (SSSR count). The highest BCUT2D eigenvalue weighted by Crippen LogP contribution is 2.15. The van der Waals surface area contributed by atoms with Gasteiger partial charge in [0.2, 0.25) is 0 Å². The van der Waals surface area contributed by atoms with Gasteiger partial charge in [-0.05, 0) is 12.1 Å². The Hall–Kier alpha value is -1.73. The summed E-state index contributed by atoms with van der Waals surface area (Å²) in [6, 6.07) is 4.53. The normalized spacial score (nSPS) is 11.0. The van der Waals surface area contributed by atoms with Crippen molar-refractivity contribution in [2.45, 2.75) is 4.90 Å². The molecule has 0 spiro atoms. The Balaban J connectivity index is 3.44. The number of carbonyl (C=O) groups excluding carboxylic acids is 1. The van der Waals surface area contributed by atoms with Crippen LogP contribution in [0.3, 0.4) is 0 Å². The summed E-state index contributed by atoms with van der Waals surface area (Å²) in [7, 11) is -4.60. The van der Waals surface area contributed by atoms with Crippen molar-refractivity contribution in [3.8, 4) is 0 Å². The molecule has 2 N–H and O–H groups in total. The molecule has 0 atom stereocenters. The topological polar surface area (TPSA) is 109 Å². The molecule has 1 aromatic carbocycles. The molecular formula is C8H6O6S. The minimum atomic E-state index is -4.60. The molecule has 0 aliphatic carbocycles. The van der Waals surface area contributed by atoms with E-state index >= 15 is 0 Å². The molecule has 0 radical (unpaired) electrons. The quantitative estimate of drug-likeness (QED) is 0.436. The van der Waals surface area contributed by atoms with E-state index < -0.39 is 32.3 Å². The van der Waals surface area contributed by atoms with Gasteiger partial charge in [0.05, 0.1) is 5.56 Å². The fraction of sp³-hybridized carbons (Fsp3) is 0. The zero-order chi connectivity index (χ0) is 11.6. The van der Waals surface area contributed by atoms with Gasteiger partial charge in [0, 0.05) is 0 Å². The van der Waals surface area contributed by atoms with Gasteiger partial charge in [-0.1, -0.05) is 12.1 Å². The Morgan fingerprint density at radius 1 is 1.13 bits per heavy atom. The fourth-order valence-corrected chi connectivity index (χ4v) is 1.68. The zero-order valence-corrected chi connectivity index (χ0v) is 8.06. The van der Waals surface area contributed by atoms with Crippen LogP contribution in [0.2, 0.25) is 0 Å². The van der Waals surface area contributed by atoms with Crippen molar-refractivity contribution < 1.29 is 27.7 Å². The zero-order valence-electron chi connectivity index (χ0n) is 7.25. The SMILES string of the molecule is O=C(O)C(=O)c1ccccc1S(=O)(=O)O. The average Bonchev–Trinajstić information content (AvgIpc) is 2.15. The molecule has 0 amide bonds. The summed E-state index contributed by atoms with van der Waals surface area (Å²) < 4.78 is 30.3. The van der Waals surface area contributed by atoms with Crippen molar-refractivity contribution in [3.05, 3.63) is 29.8 Å². The van der Waals surface area contributed by atoms with Crippen LogP contribution in [-0.4, -0.2) is 29.8 Å². The molecule has 0 bridgehead atoms. The first-order valence-electron chi connectivity index (χ1n) is 3.68. The van der Waals surface area contributed by atoms with Gasteiger partial charge in [-0.25, -0.2) is 4.79 Å². The van der Waals surface area contributed by atoms with Crippen LogP contribution >= 0.6 is 0 Å². The second kappa shape index (κ2) is 3.79. The van der Waals surface area contributed by atoms with Gasteiger partial charge in [-0.2, -0.15) is 8.42 Å². The number of aliphatic carboxylic acids is 1. The highest BCUT2D eigenvalue weighted by molar-refractivity contribution is 7.86. The summed E-state index contributed by atoms with van der Waals surface area (Å²) in [4.78, 5) is 20.7. The largest absolute Gasteiger partial charge is 0.475 e. The van der Waals surface area contributed by atoms with E-state index in [4.69, 9.17) is 9.66 Å². The van der Waals surface area contributed by atoms with Crippen molar-refractivity contribution in [2.75, 3.05) is 0 Å². The molecule has 7 heteroatoms. The number of ketones is 1. The van der Waals surface area contributed by atoms with Gasteiger partial charge < -0.3 is 5.11 Å². The summed E-state index contributed by atoms with van der Waals surface area (Å²) in [5.74, 6) is -3.17. The van der Waals surface area contributed by atoms with Crippen LogP contribution in [0.4, 0.5) is 0 Å². The number of carboxylic acid groups (broad SMARTS) is 1. The van der Waals surface area contributed by atoms with E-state index in [2.05, 4.69) is 0 Å². The van der Waals surface area contributed by atoms with Crippen LogP contribution in [0, 0.1) is 0 Å². The lowest BCUT2D eigenvalue weighted by molar-refractivity contribution is -0.131. The van der Waals surface area contributed by atoms with Crippen molar-refractivity contribution in [1.82, 2.24) is 0 Å². The smallest absolute Gasteiger partial charge is 0.377 e. The molecule has 0 aliphatic rings. The highest BCUT2D eigenvalue weighted by Gasteiger charge is 2.23.